The molecule has 0 bridgehead atoms. The van der Waals surface area contributed by atoms with E-state index in [1.165, 1.54) is 37.7 Å². The molecule has 0 spiro atoms. The first-order chi connectivity index (χ1) is 22.8. The molecule has 46 heavy (non-hydrogen) atoms. The zero-order valence-corrected chi connectivity index (χ0v) is 24.9. The van der Waals surface area contributed by atoms with Crippen LogP contribution in [0.1, 0.15) is 0 Å². The maximum atomic E-state index is 5.14. The minimum Gasteiger partial charge on any atom is -0.208 e. The fourth-order valence-corrected chi connectivity index (χ4v) is 6.60. The van der Waals surface area contributed by atoms with Crippen molar-refractivity contribution in [2.45, 2.75) is 0 Å². The molecule has 0 saturated carbocycles. The van der Waals surface area contributed by atoms with Crippen LogP contribution in [0.15, 0.2) is 164 Å². The van der Waals surface area contributed by atoms with E-state index in [-0.39, 0.29) is 0 Å². The topological polar surface area (TPSA) is 38.7 Å². The number of benzene rings is 8. The summed E-state index contributed by atoms with van der Waals surface area (Å²) in [5.41, 5.74) is 5.09. The number of aromatic nitrogens is 3. The van der Waals surface area contributed by atoms with Gasteiger partial charge >= 0.3 is 0 Å². The van der Waals surface area contributed by atoms with Crippen LogP contribution < -0.4 is 0 Å². The highest BCUT2D eigenvalue weighted by Gasteiger charge is 2.16. The molecule has 0 aliphatic heterocycles. The second-order valence-electron chi connectivity index (χ2n) is 11.7. The third-order valence-corrected chi connectivity index (χ3v) is 8.90. The summed E-state index contributed by atoms with van der Waals surface area (Å²) in [6, 6.07) is 57.6. The Morgan fingerprint density at radius 3 is 1.61 bits per heavy atom. The lowest BCUT2D eigenvalue weighted by Gasteiger charge is -2.13. The smallest absolute Gasteiger partial charge is 0.164 e. The van der Waals surface area contributed by atoms with Gasteiger partial charge < -0.3 is 0 Å². The van der Waals surface area contributed by atoms with Gasteiger partial charge in [0.15, 0.2) is 17.5 Å². The molecule has 9 aromatic rings. The van der Waals surface area contributed by atoms with E-state index in [4.69, 9.17) is 15.0 Å². The van der Waals surface area contributed by atoms with Crippen LogP contribution in [0.4, 0.5) is 0 Å². The summed E-state index contributed by atoms with van der Waals surface area (Å²) < 4.78 is 0. The number of hydrogen-bond donors (Lipinski definition) is 0. The highest BCUT2D eigenvalue weighted by atomic mass is 15.0. The van der Waals surface area contributed by atoms with Gasteiger partial charge in [0, 0.05) is 16.7 Å². The van der Waals surface area contributed by atoms with Gasteiger partial charge in [0.1, 0.15) is 0 Å². The van der Waals surface area contributed by atoms with E-state index >= 15 is 0 Å². The van der Waals surface area contributed by atoms with Crippen LogP contribution in [0.25, 0.3) is 88.4 Å². The van der Waals surface area contributed by atoms with Crippen molar-refractivity contribution in [3.63, 3.8) is 0 Å². The summed E-state index contributed by atoms with van der Waals surface area (Å²) in [5.74, 6) is 1.95. The lowest BCUT2D eigenvalue weighted by Crippen LogP contribution is -2.01. The normalized spacial score (nSPS) is 11.5. The number of hydrogen-bond acceptors (Lipinski definition) is 3. The van der Waals surface area contributed by atoms with E-state index in [0.29, 0.717) is 17.5 Å². The third kappa shape index (κ3) is 4.49. The SMILES string of the molecule is c1ccc(-c2nc(-c3ccc4c(ccc5c6ccccc6ccc45)c3)nc(-c3ccccc3-c3ccc4ccccc4c3)n2)cc1. The second kappa shape index (κ2) is 10.8. The van der Waals surface area contributed by atoms with Gasteiger partial charge in [-0.2, -0.15) is 0 Å². The molecule has 1 heterocycles. The van der Waals surface area contributed by atoms with E-state index < -0.39 is 0 Å². The van der Waals surface area contributed by atoms with Crippen molar-refractivity contribution in [3.8, 4) is 45.3 Å². The highest BCUT2D eigenvalue weighted by Crippen LogP contribution is 2.36. The first kappa shape index (κ1) is 26.2. The van der Waals surface area contributed by atoms with Gasteiger partial charge in [0.05, 0.1) is 0 Å². The molecule has 0 N–H and O–H groups in total. The maximum Gasteiger partial charge on any atom is 0.164 e. The zero-order chi connectivity index (χ0) is 30.5. The van der Waals surface area contributed by atoms with E-state index in [0.717, 1.165) is 33.2 Å². The monoisotopic (exact) mass is 585 g/mol. The number of rotatable bonds is 4. The average molecular weight is 586 g/mol. The Balaban J connectivity index is 1.22. The average Bonchev–Trinajstić information content (AvgIpc) is 3.14. The Bertz CT molecular complexity index is 2590. The fourth-order valence-electron chi connectivity index (χ4n) is 6.60. The summed E-state index contributed by atoms with van der Waals surface area (Å²) in [5, 5.41) is 9.81. The van der Waals surface area contributed by atoms with Gasteiger partial charge in [-0.3, -0.25) is 0 Å². The van der Waals surface area contributed by atoms with Crippen LogP contribution in [0, 0.1) is 0 Å². The molecule has 3 nitrogen and oxygen atoms in total. The van der Waals surface area contributed by atoms with Crippen molar-refractivity contribution in [1.82, 2.24) is 15.0 Å². The molecule has 0 atom stereocenters. The van der Waals surface area contributed by atoms with Crippen LogP contribution >= 0.6 is 0 Å². The fraction of sp³-hybridized carbons (Fsp3) is 0. The predicted molar refractivity (Wildman–Crippen MR) is 192 cm³/mol. The van der Waals surface area contributed by atoms with Gasteiger partial charge in [-0.25, -0.2) is 15.0 Å². The molecule has 0 aliphatic rings. The molecule has 0 radical (unpaired) electrons. The summed E-state index contributed by atoms with van der Waals surface area (Å²) >= 11 is 0. The standard InChI is InChI=1S/C43H27N3/c1-2-12-30(13-3-1)41-44-42(34-22-23-37-33(27-34)21-25-38-35-15-7-6-11-29(35)20-24-39(37)38)46-43(45-41)40-17-9-8-16-36(40)32-19-18-28-10-4-5-14-31(28)26-32/h1-27H. The van der Waals surface area contributed by atoms with E-state index in [9.17, 15) is 0 Å². The van der Waals surface area contributed by atoms with Gasteiger partial charge in [-0.05, 0) is 66.3 Å². The molecule has 1 aromatic heterocycles. The van der Waals surface area contributed by atoms with Crippen molar-refractivity contribution >= 4 is 43.1 Å². The van der Waals surface area contributed by atoms with Gasteiger partial charge in [0.2, 0.25) is 0 Å². The van der Waals surface area contributed by atoms with Crippen LogP contribution in [0.3, 0.4) is 0 Å². The predicted octanol–water partition coefficient (Wildman–Crippen LogP) is 11.2. The van der Waals surface area contributed by atoms with Gasteiger partial charge in [0.25, 0.3) is 0 Å². The van der Waals surface area contributed by atoms with Gasteiger partial charge in [-0.15, -0.1) is 0 Å². The molecular formula is C43H27N3. The van der Waals surface area contributed by atoms with Crippen LogP contribution in [-0.4, -0.2) is 15.0 Å². The molecule has 8 aromatic carbocycles. The van der Waals surface area contributed by atoms with E-state index in [1.807, 2.05) is 18.2 Å². The Kier molecular flexibility index (Phi) is 6.14. The Morgan fingerprint density at radius 1 is 0.261 bits per heavy atom. The van der Waals surface area contributed by atoms with Gasteiger partial charge in [-0.1, -0.05) is 152 Å². The number of nitrogens with zero attached hydrogens (tertiary/aromatic N) is 3. The molecular weight excluding hydrogens is 558 g/mol. The summed E-state index contributed by atoms with van der Waals surface area (Å²) in [7, 11) is 0. The lowest BCUT2D eigenvalue weighted by atomic mass is 9.96. The molecule has 9 rings (SSSR count). The Hall–Kier alpha value is -6.19. The van der Waals surface area contributed by atoms with Crippen LogP contribution in [-0.2, 0) is 0 Å². The van der Waals surface area contributed by atoms with E-state index in [1.54, 1.807) is 0 Å². The van der Waals surface area contributed by atoms with Crippen LogP contribution in [0.2, 0.25) is 0 Å². The third-order valence-electron chi connectivity index (χ3n) is 8.90. The van der Waals surface area contributed by atoms with Crippen molar-refractivity contribution in [1.29, 1.82) is 0 Å². The van der Waals surface area contributed by atoms with Crippen molar-refractivity contribution in [3.05, 3.63) is 164 Å². The maximum absolute atomic E-state index is 5.14. The van der Waals surface area contributed by atoms with Crippen molar-refractivity contribution in [2.75, 3.05) is 0 Å². The first-order valence-corrected chi connectivity index (χ1v) is 15.5. The molecule has 214 valence electrons. The Morgan fingerprint density at radius 2 is 0.783 bits per heavy atom. The molecule has 3 heteroatoms. The molecule has 0 fully saturated rings. The molecule has 0 saturated heterocycles. The van der Waals surface area contributed by atoms with Crippen molar-refractivity contribution in [2.24, 2.45) is 0 Å². The molecule has 0 unspecified atom stereocenters. The quantitative estimate of drug-likeness (QED) is 0.193. The minimum absolute atomic E-state index is 0.651. The molecule has 0 aliphatic carbocycles. The minimum atomic E-state index is 0.651. The zero-order valence-electron chi connectivity index (χ0n) is 24.9. The van der Waals surface area contributed by atoms with E-state index in [2.05, 4.69) is 146 Å². The highest BCUT2D eigenvalue weighted by molar-refractivity contribution is 6.17. The summed E-state index contributed by atoms with van der Waals surface area (Å²) in [6.45, 7) is 0. The number of fused-ring (bicyclic) bond motifs is 6. The molecule has 0 amide bonds. The largest absolute Gasteiger partial charge is 0.208 e. The second-order valence-corrected chi connectivity index (χ2v) is 11.7. The first-order valence-electron chi connectivity index (χ1n) is 15.5. The van der Waals surface area contributed by atoms with Crippen molar-refractivity contribution < 1.29 is 0 Å². The Labute approximate surface area is 266 Å². The lowest BCUT2D eigenvalue weighted by molar-refractivity contribution is 1.07. The summed E-state index contributed by atoms with van der Waals surface area (Å²) in [4.78, 5) is 15.2. The summed E-state index contributed by atoms with van der Waals surface area (Å²) in [6.07, 6.45) is 0. The van der Waals surface area contributed by atoms with Crippen LogP contribution in [0.5, 0.6) is 0 Å².